The molecule has 0 spiro atoms. The predicted octanol–water partition coefficient (Wildman–Crippen LogP) is 3.18. The minimum Gasteiger partial charge on any atom is -0.365 e. The van der Waals surface area contributed by atoms with E-state index in [0.717, 1.165) is 43.3 Å². The van der Waals surface area contributed by atoms with Gasteiger partial charge in [-0.05, 0) is 26.0 Å². The number of benzene rings is 1. The van der Waals surface area contributed by atoms with Gasteiger partial charge < -0.3 is 9.80 Å². The highest BCUT2D eigenvalue weighted by Gasteiger charge is 2.31. The smallest absolute Gasteiger partial charge is 0.228 e. The van der Waals surface area contributed by atoms with Crippen molar-refractivity contribution in [2.45, 2.75) is 34.6 Å². The molecule has 2 aromatic rings. The highest BCUT2D eigenvalue weighted by Crippen LogP contribution is 2.28. The van der Waals surface area contributed by atoms with Crippen molar-refractivity contribution in [3.8, 4) is 5.69 Å². The van der Waals surface area contributed by atoms with Gasteiger partial charge in [-0.1, -0.05) is 39.0 Å². The normalized spacial score (nSPS) is 15.6. The molecular formula is C20H28N4O. The van der Waals surface area contributed by atoms with Gasteiger partial charge in [0.05, 0.1) is 22.8 Å². The number of hydrogen-bond acceptors (Lipinski definition) is 3. The predicted molar refractivity (Wildman–Crippen MR) is 101 cm³/mol. The molecule has 5 nitrogen and oxygen atoms in total. The zero-order valence-corrected chi connectivity index (χ0v) is 15.9. The lowest BCUT2D eigenvalue weighted by Crippen LogP contribution is -2.51. The molecule has 0 radical (unpaired) electrons. The Hall–Kier alpha value is -2.30. The maximum atomic E-state index is 12.5. The van der Waals surface area contributed by atoms with Crippen LogP contribution < -0.4 is 4.90 Å². The Kier molecular flexibility index (Phi) is 4.58. The van der Waals surface area contributed by atoms with Crippen molar-refractivity contribution < 1.29 is 4.79 Å². The molecule has 1 saturated heterocycles. The van der Waals surface area contributed by atoms with Gasteiger partial charge in [0.25, 0.3) is 0 Å². The van der Waals surface area contributed by atoms with E-state index in [4.69, 9.17) is 5.10 Å². The highest BCUT2D eigenvalue weighted by atomic mass is 16.2. The number of piperazine rings is 1. The zero-order chi connectivity index (χ0) is 18.2. The monoisotopic (exact) mass is 340 g/mol. The van der Waals surface area contributed by atoms with Gasteiger partial charge in [-0.25, -0.2) is 4.68 Å². The maximum absolute atomic E-state index is 12.5. The second kappa shape index (κ2) is 6.54. The topological polar surface area (TPSA) is 41.4 Å². The van der Waals surface area contributed by atoms with Crippen molar-refractivity contribution in [1.29, 1.82) is 0 Å². The van der Waals surface area contributed by atoms with Crippen molar-refractivity contribution in [2.75, 3.05) is 31.1 Å². The van der Waals surface area contributed by atoms with Crippen LogP contribution in [0.4, 0.5) is 5.69 Å². The van der Waals surface area contributed by atoms with E-state index in [2.05, 4.69) is 30.9 Å². The molecule has 0 bridgehead atoms. The van der Waals surface area contributed by atoms with E-state index in [1.807, 2.05) is 48.6 Å². The Bertz CT molecular complexity index is 750. The average molecular weight is 340 g/mol. The van der Waals surface area contributed by atoms with Crippen molar-refractivity contribution in [3.05, 3.63) is 41.7 Å². The summed E-state index contributed by atoms with van der Waals surface area (Å²) in [7, 11) is 0. The summed E-state index contributed by atoms with van der Waals surface area (Å²) in [4.78, 5) is 16.8. The number of aryl methyl sites for hydroxylation is 1. The molecule has 5 heteroatoms. The van der Waals surface area contributed by atoms with Crippen LogP contribution in [0, 0.1) is 19.3 Å². The molecule has 1 aliphatic rings. The second-order valence-electron chi connectivity index (χ2n) is 7.80. The summed E-state index contributed by atoms with van der Waals surface area (Å²) in [6, 6.07) is 10.2. The first kappa shape index (κ1) is 17.5. The van der Waals surface area contributed by atoms with Gasteiger partial charge in [0.1, 0.15) is 0 Å². The van der Waals surface area contributed by atoms with Crippen molar-refractivity contribution in [3.63, 3.8) is 0 Å². The van der Waals surface area contributed by atoms with E-state index < -0.39 is 0 Å². The molecule has 0 saturated carbocycles. The van der Waals surface area contributed by atoms with Crippen LogP contribution in [0.5, 0.6) is 0 Å². The number of nitrogens with zero attached hydrogens (tertiary/aromatic N) is 4. The number of carbonyl (C=O) groups excluding carboxylic acids is 1. The van der Waals surface area contributed by atoms with Crippen LogP contribution in [0.15, 0.2) is 30.3 Å². The van der Waals surface area contributed by atoms with Gasteiger partial charge in [-0.2, -0.15) is 5.10 Å². The van der Waals surface area contributed by atoms with Gasteiger partial charge in [-0.3, -0.25) is 4.79 Å². The van der Waals surface area contributed by atoms with Gasteiger partial charge in [0.15, 0.2) is 0 Å². The minimum atomic E-state index is -0.313. The van der Waals surface area contributed by atoms with Gasteiger partial charge in [0, 0.05) is 31.6 Å². The first-order valence-electron chi connectivity index (χ1n) is 8.95. The summed E-state index contributed by atoms with van der Waals surface area (Å²) in [5.41, 5.74) is 4.16. The van der Waals surface area contributed by atoms with E-state index in [-0.39, 0.29) is 11.3 Å². The lowest BCUT2D eigenvalue weighted by molar-refractivity contribution is -0.139. The first-order valence-corrected chi connectivity index (χ1v) is 8.95. The second-order valence-corrected chi connectivity index (χ2v) is 7.80. The van der Waals surface area contributed by atoms with Crippen LogP contribution >= 0.6 is 0 Å². The van der Waals surface area contributed by atoms with Crippen LogP contribution in [-0.2, 0) is 4.79 Å². The first-order chi connectivity index (χ1) is 11.8. The number of amides is 1. The molecule has 1 amide bonds. The fraction of sp³-hybridized carbons (Fsp3) is 0.500. The molecule has 0 unspecified atom stereocenters. The Labute approximate surface area is 150 Å². The van der Waals surface area contributed by atoms with Gasteiger partial charge >= 0.3 is 0 Å². The summed E-state index contributed by atoms with van der Waals surface area (Å²) in [5.74, 6) is 0.237. The van der Waals surface area contributed by atoms with Crippen LogP contribution in [0.3, 0.4) is 0 Å². The number of anilines is 1. The molecule has 25 heavy (non-hydrogen) atoms. The van der Waals surface area contributed by atoms with Crippen LogP contribution in [0.1, 0.15) is 32.2 Å². The molecule has 2 heterocycles. The molecule has 1 fully saturated rings. The average Bonchev–Trinajstić information content (AvgIpc) is 2.89. The Balaban J connectivity index is 1.79. The quantitative estimate of drug-likeness (QED) is 0.843. The number of para-hydroxylation sites is 1. The summed E-state index contributed by atoms with van der Waals surface area (Å²) >= 11 is 0. The number of carbonyl (C=O) groups is 1. The minimum absolute atomic E-state index is 0.237. The van der Waals surface area contributed by atoms with Crippen molar-refractivity contribution in [2.24, 2.45) is 5.41 Å². The molecule has 1 aromatic carbocycles. The van der Waals surface area contributed by atoms with E-state index in [1.165, 1.54) is 5.69 Å². The summed E-state index contributed by atoms with van der Waals surface area (Å²) in [5, 5.41) is 4.74. The van der Waals surface area contributed by atoms with E-state index in [0.29, 0.717) is 0 Å². The third-order valence-corrected chi connectivity index (χ3v) is 4.78. The molecule has 0 atom stereocenters. The lowest BCUT2D eigenvalue weighted by atomic mass is 9.94. The van der Waals surface area contributed by atoms with Crippen LogP contribution in [0.25, 0.3) is 5.69 Å². The molecule has 0 N–H and O–H groups in total. The molecule has 134 valence electrons. The summed E-state index contributed by atoms with van der Waals surface area (Å²) < 4.78 is 2.01. The number of aromatic nitrogens is 2. The lowest BCUT2D eigenvalue weighted by Gasteiger charge is -2.38. The van der Waals surface area contributed by atoms with Crippen LogP contribution in [-0.4, -0.2) is 46.8 Å². The standard InChI is InChI=1S/C20H28N4O/c1-15-18(16(2)24(21-15)17-9-7-6-8-10-17)22-11-13-23(14-12-22)19(25)20(3,4)5/h6-10H,11-14H2,1-5H3. The number of hydrogen-bond donors (Lipinski definition) is 0. The van der Waals surface area contributed by atoms with E-state index >= 15 is 0 Å². The highest BCUT2D eigenvalue weighted by molar-refractivity contribution is 5.81. The molecular weight excluding hydrogens is 312 g/mol. The Morgan fingerprint density at radius 3 is 2.16 bits per heavy atom. The maximum Gasteiger partial charge on any atom is 0.228 e. The zero-order valence-electron chi connectivity index (χ0n) is 15.9. The third-order valence-electron chi connectivity index (χ3n) is 4.78. The van der Waals surface area contributed by atoms with E-state index in [9.17, 15) is 4.79 Å². The van der Waals surface area contributed by atoms with Crippen LogP contribution in [0.2, 0.25) is 0 Å². The summed E-state index contributed by atoms with van der Waals surface area (Å²) in [6.45, 7) is 13.4. The van der Waals surface area contributed by atoms with Gasteiger partial charge in [-0.15, -0.1) is 0 Å². The van der Waals surface area contributed by atoms with Crippen molar-refractivity contribution >= 4 is 11.6 Å². The number of rotatable bonds is 2. The third kappa shape index (κ3) is 3.41. The van der Waals surface area contributed by atoms with E-state index in [1.54, 1.807) is 0 Å². The summed E-state index contributed by atoms with van der Waals surface area (Å²) in [6.07, 6.45) is 0. The Morgan fingerprint density at radius 2 is 1.60 bits per heavy atom. The van der Waals surface area contributed by atoms with Crippen molar-refractivity contribution in [1.82, 2.24) is 14.7 Å². The fourth-order valence-corrected chi connectivity index (χ4v) is 3.52. The molecule has 1 aliphatic heterocycles. The Morgan fingerprint density at radius 1 is 1.00 bits per heavy atom. The SMILES string of the molecule is Cc1nn(-c2ccccc2)c(C)c1N1CCN(C(=O)C(C)(C)C)CC1. The molecule has 3 rings (SSSR count). The molecule has 1 aromatic heterocycles. The largest absolute Gasteiger partial charge is 0.365 e. The fourth-order valence-electron chi connectivity index (χ4n) is 3.52. The van der Waals surface area contributed by atoms with Gasteiger partial charge in [0.2, 0.25) is 5.91 Å². The molecule has 0 aliphatic carbocycles.